The number of nitrogens with one attached hydrogen (secondary N) is 2. The van der Waals surface area contributed by atoms with Gasteiger partial charge in [-0.1, -0.05) is 64.7 Å². The van der Waals surface area contributed by atoms with Crippen LogP contribution in [0, 0.1) is 6.92 Å². The molecule has 4 aromatic heterocycles. The summed E-state index contributed by atoms with van der Waals surface area (Å²) in [7, 11) is 0. The van der Waals surface area contributed by atoms with E-state index in [1.165, 1.54) is 62.7 Å². The number of aryl methyl sites for hydroxylation is 2. The molecular weight excluding hydrogens is 511 g/mol. The molecule has 0 amide bonds. The summed E-state index contributed by atoms with van der Waals surface area (Å²) in [6.07, 6.45) is 9.40. The van der Waals surface area contributed by atoms with Crippen LogP contribution >= 0.6 is 11.3 Å². The van der Waals surface area contributed by atoms with Gasteiger partial charge in [0.1, 0.15) is 17.2 Å². The van der Waals surface area contributed by atoms with Crippen molar-refractivity contribution >= 4 is 11.3 Å². The summed E-state index contributed by atoms with van der Waals surface area (Å²) in [5.41, 5.74) is 1.46. The van der Waals surface area contributed by atoms with Crippen molar-refractivity contribution in [2.45, 2.75) is 90.7 Å². The molecule has 0 aliphatic carbocycles. The van der Waals surface area contributed by atoms with Crippen LogP contribution in [0.25, 0.3) is 33.5 Å². The van der Waals surface area contributed by atoms with E-state index in [0.717, 1.165) is 23.3 Å². The minimum absolute atomic E-state index is 0.130. The van der Waals surface area contributed by atoms with Gasteiger partial charge in [0.15, 0.2) is 11.6 Å². The third kappa shape index (κ3) is 7.72. The SMILES string of the molecule is CCCCCCCCCCCCc1ccc(-c2cc(-c3n[nH]c(C)n3)nc(-c3n[nH]c(C(F)(F)F)n3)c2)s1. The molecule has 0 saturated carbocycles. The Bertz CT molecular complexity index is 1290. The topological polar surface area (TPSA) is 96.0 Å². The van der Waals surface area contributed by atoms with Crippen molar-refractivity contribution in [1.29, 1.82) is 0 Å². The van der Waals surface area contributed by atoms with E-state index in [1.807, 2.05) is 17.2 Å². The fourth-order valence-corrected chi connectivity index (χ4v) is 5.35. The average Bonchev–Trinajstić information content (AvgIpc) is 3.66. The predicted molar refractivity (Wildman–Crippen MR) is 144 cm³/mol. The summed E-state index contributed by atoms with van der Waals surface area (Å²) in [6.45, 7) is 4.02. The lowest BCUT2D eigenvalue weighted by atomic mass is 10.1. The van der Waals surface area contributed by atoms with Crippen LogP contribution in [0.5, 0.6) is 0 Å². The molecular formula is C27H34F3N7S. The first kappa shape index (κ1) is 27.9. The molecule has 4 heterocycles. The molecule has 38 heavy (non-hydrogen) atoms. The maximum Gasteiger partial charge on any atom is 0.451 e. The van der Waals surface area contributed by atoms with Crippen LogP contribution in [0.1, 0.15) is 87.7 Å². The van der Waals surface area contributed by atoms with Crippen molar-refractivity contribution in [3.63, 3.8) is 0 Å². The van der Waals surface area contributed by atoms with Gasteiger partial charge in [-0.25, -0.2) is 15.0 Å². The van der Waals surface area contributed by atoms with E-state index in [-0.39, 0.29) is 11.5 Å². The fraction of sp³-hybridized carbons (Fsp3) is 0.519. The Morgan fingerprint density at radius 2 is 1.37 bits per heavy atom. The molecule has 0 saturated heterocycles. The van der Waals surface area contributed by atoms with Gasteiger partial charge in [0, 0.05) is 9.75 Å². The van der Waals surface area contributed by atoms with Gasteiger partial charge in [0.05, 0.1) is 0 Å². The molecule has 0 aliphatic rings. The summed E-state index contributed by atoms with van der Waals surface area (Å²) in [4.78, 5) is 14.7. The van der Waals surface area contributed by atoms with Gasteiger partial charge in [0.2, 0.25) is 5.82 Å². The Morgan fingerprint density at radius 3 is 1.95 bits per heavy atom. The lowest BCUT2D eigenvalue weighted by molar-refractivity contribution is -0.144. The van der Waals surface area contributed by atoms with Crippen LogP contribution in [0.3, 0.4) is 0 Å². The quantitative estimate of drug-likeness (QED) is 0.156. The number of hydrogen-bond acceptors (Lipinski definition) is 6. The number of pyridine rings is 1. The van der Waals surface area contributed by atoms with Crippen LogP contribution in [0.4, 0.5) is 13.2 Å². The summed E-state index contributed by atoms with van der Waals surface area (Å²) in [5, 5.41) is 12.7. The minimum Gasteiger partial charge on any atom is -0.263 e. The number of alkyl halides is 3. The van der Waals surface area contributed by atoms with Crippen molar-refractivity contribution in [2.75, 3.05) is 0 Å². The molecule has 204 valence electrons. The third-order valence-corrected chi connectivity index (χ3v) is 7.55. The van der Waals surface area contributed by atoms with Crippen LogP contribution in [0.15, 0.2) is 24.3 Å². The first-order chi connectivity index (χ1) is 18.3. The molecule has 7 nitrogen and oxygen atoms in total. The summed E-state index contributed by atoms with van der Waals surface area (Å²) >= 11 is 1.68. The number of hydrogen-bond donors (Lipinski definition) is 2. The van der Waals surface area contributed by atoms with Crippen LogP contribution in [0.2, 0.25) is 0 Å². The number of nitrogens with zero attached hydrogens (tertiary/aromatic N) is 5. The lowest BCUT2D eigenvalue weighted by Crippen LogP contribution is -2.07. The molecule has 4 aromatic rings. The van der Waals surface area contributed by atoms with E-state index in [1.54, 1.807) is 24.3 Å². The number of unbranched alkanes of at least 4 members (excludes halogenated alkanes) is 9. The molecule has 0 unspecified atom stereocenters. The highest BCUT2D eigenvalue weighted by Gasteiger charge is 2.35. The largest absolute Gasteiger partial charge is 0.451 e. The molecule has 0 fully saturated rings. The fourth-order valence-electron chi connectivity index (χ4n) is 4.32. The maximum absolute atomic E-state index is 13.1. The highest BCUT2D eigenvalue weighted by Crippen LogP contribution is 2.34. The van der Waals surface area contributed by atoms with E-state index in [9.17, 15) is 13.2 Å². The van der Waals surface area contributed by atoms with Crippen molar-refractivity contribution in [1.82, 2.24) is 35.3 Å². The van der Waals surface area contributed by atoms with E-state index in [4.69, 9.17) is 0 Å². The van der Waals surface area contributed by atoms with Crippen molar-refractivity contribution in [3.8, 4) is 33.5 Å². The summed E-state index contributed by atoms with van der Waals surface area (Å²) in [5.74, 6) is -0.319. The second-order valence-electron chi connectivity index (χ2n) is 9.57. The van der Waals surface area contributed by atoms with Crippen LogP contribution in [-0.2, 0) is 12.6 Å². The van der Waals surface area contributed by atoms with Gasteiger partial charge in [-0.15, -0.1) is 11.3 Å². The van der Waals surface area contributed by atoms with E-state index >= 15 is 0 Å². The summed E-state index contributed by atoms with van der Waals surface area (Å²) < 4.78 is 39.2. The molecule has 11 heteroatoms. The first-order valence-corrected chi connectivity index (χ1v) is 14.2. The highest BCUT2D eigenvalue weighted by atomic mass is 32.1. The molecule has 4 rings (SSSR count). The van der Waals surface area contributed by atoms with E-state index in [0.29, 0.717) is 17.3 Å². The Balaban J connectivity index is 1.42. The molecule has 0 aromatic carbocycles. The van der Waals surface area contributed by atoms with Crippen molar-refractivity contribution < 1.29 is 13.2 Å². The average molecular weight is 546 g/mol. The minimum atomic E-state index is -4.62. The molecule has 0 spiro atoms. The van der Waals surface area contributed by atoms with Crippen LogP contribution < -0.4 is 0 Å². The number of halogens is 3. The predicted octanol–water partition coefficient (Wildman–Crippen LogP) is 8.17. The molecule has 0 radical (unpaired) electrons. The lowest BCUT2D eigenvalue weighted by Gasteiger charge is -2.05. The third-order valence-electron chi connectivity index (χ3n) is 6.36. The van der Waals surface area contributed by atoms with Gasteiger partial charge < -0.3 is 0 Å². The van der Waals surface area contributed by atoms with Gasteiger partial charge in [-0.2, -0.15) is 23.4 Å². The van der Waals surface area contributed by atoms with Gasteiger partial charge in [0.25, 0.3) is 0 Å². The van der Waals surface area contributed by atoms with Crippen molar-refractivity contribution in [2.24, 2.45) is 0 Å². The van der Waals surface area contributed by atoms with Gasteiger partial charge in [-0.05, 0) is 49.6 Å². The Hall–Kier alpha value is -3.08. The number of aromatic nitrogens is 7. The standard InChI is InChI=1S/C27H34F3N7S/c1-3-4-5-6-7-8-9-10-11-12-13-20-14-15-23(38-20)19-16-21(24-31-18(2)34-35-24)32-22(17-19)25-33-26(37-36-25)27(28,29)30/h14-17H,3-13H2,1-2H3,(H,31,34,35)(H,33,36,37). The van der Waals surface area contributed by atoms with Crippen molar-refractivity contribution in [3.05, 3.63) is 40.8 Å². The Labute approximate surface area is 224 Å². The first-order valence-electron chi connectivity index (χ1n) is 13.3. The van der Waals surface area contributed by atoms with Crippen LogP contribution in [-0.4, -0.2) is 35.3 Å². The van der Waals surface area contributed by atoms with Gasteiger partial charge >= 0.3 is 6.18 Å². The second kappa shape index (κ2) is 13.1. The number of aromatic amines is 2. The molecule has 2 N–H and O–H groups in total. The monoisotopic (exact) mass is 545 g/mol. The molecule has 0 aliphatic heterocycles. The Kier molecular flexibility index (Phi) is 9.65. The van der Waals surface area contributed by atoms with E-state index < -0.39 is 12.0 Å². The summed E-state index contributed by atoms with van der Waals surface area (Å²) in [6, 6.07) is 7.72. The highest BCUT2D eigenvalue weighted by molar-refractivity contribution is 7.15. The normalized spacial score (nSPS) is 11.9. The number of H-pyrrole nitrogens is 2. The Morgan fingerprint density at radius 1 is 0.763 bits per heavy atom. The maximum atomic E-state index is 13.1. The number of thiophene rings is 1. The van der Waals surface area contributed by atoms with Gasteiger partial charge in [-0.3, -0.25) is 10.2 Å². The number of rotatable bonds is 14. The zero-order valence-corrected chi connectivity index (χ0v) is 22.7. The second-order valence-corrected chi connectivity index (χ2v) is 10.7. The zero-order valence-electron chi connectivity index (χ0n) is 21.9. The smallest absolute Gasteiger partial charge is 0.263 e. The molecule has 0 atom stereocenters. The molecule has 0 bridgehead atoms. The van der Waals surface area contributed by atoms with E-state index in [2.05, 4.69) is 43.2 Å². The zero-order chi connectivity index (χ0) is 27.0.